The predicted octanol–water partition coefficient (Wildman–Crippen LogP) is 4.68. The van der Waals surface area contributed by atoms with Crippen molar-refractivity contribution in [3.63, 3.8) is 0 Å². The molecule has 0 radical (unpaired) electrons. The molecule has 4 rings (SSSR count). The summed E-state index contributed by atoms with van der Waals surface area (Å²) < 4.78 is 11.6. The van der Waals surface area contributed by atoms with Gasteiger partial charge in [-0.15, -0.1) is 6.58 Å². The topological polar surface area (TPSA) is 93.1 Å². The molecule has 34 heavy (non-hydrogen) atoms. The second kappa shape index (κ2) is 8.71. The second-order valence-corrected chi connectivity index (χ2v) is 11.3. The van der Waals surface area contributed by atoms with E-state index >= 15 is 0 Å². The van der Waals surface area contributed by atoms with Gasteiger partial charge in [0.15, 0.2) is 18.1 Å². The molecule has 3 unspecified atom stereocenters. The summed E-state index contributed by atoms with van der Waals surface area (Å²) in [6, 6.07) is 6.46. The Morgan fingerprint density at radius 2 is 1.94 bits per heavy atom. The number of carbonyl (C=O) groups excluding carboxylic acids is 2. The molecule has 0 spiro atoms. The van der Waals surface area contributed by atoms with E-state index in [1.54, 1.807) is 24.3 Å². The summed E-state index contributed by atoms with van der Waals surface area (Å²) in [5.41, 5.74) is -1.54. The number of ether oxygens (including phenoxy) is 2. The molecule has 6 nitrogen and oxygen atoms in total. The zero-order valence-corrected chi connectivity index (χ0v) is 20.8. The van der Waals surface area contributed by atoms with E-state index in [-0.39, 0.29) is 47.1 Å². The zero-order chi connectivity index (χ0) is 24.9. The average Bonchev–Trinajstić information content (AvgIpc) is 3.17. The molecular formula is C28H38O6. The van der Waals surface area contributed by atoms with Crippen LogP contribution in [0.15, 0.2) is 36.9 Å². The summed E-state index contributed by atoms with van der Waals surface area (Å²) in [5.74, 6) is -0.341. The molecule has 8 atom stereocenters. The lowest BCUT2D eigenvalue weighted by Crippen LogP contribution is -2.63. The first kappa shape index (κ1) is 24.8. The number of phenols is 1. The number of Topliss-reactive ketones (excluding diaryl/α,β-unsaturated/α-hetero) is 1. The first-order chi connectivity index (χ1) is 16.0. The number of carbonyl (C=O) groups is 2. The Kier molecular flexibility index (Phi) is 6.34. The lowest BCUT2D eigenvalue weighted by molar-refractivity contribution is -0.207. The molecule has 1 aromatic carbocycles. The van der Waals surface area contributed by atoms with Gasteiger partial charge >= 0.3 is 5.97 Å². The zero-order valence-electron chi connectivity index (χ0n) is 20.8. The third kappa shape index (κ3) is 3.65. The van der Waals surface area contributed by atoms with Crippen molar-refractivity contribution in [3.05, 3.63) is 36.9 Å². The second-order valence-electron chi connectivity index (χ2n) is 11.3. The molecule has 0 heterocycles. The van der Waals surface area contributed by atoms with E-state index in [0.29, 0.717) is 12.8 Å². The number of hydrogen-bond acceptors (Lipinski definition) is 6. The van der Waals surface area contributed by atoms with Crippen LogP contribution in [-0.4, -0.2) is 40.8 Å². The van der Waals surface area contributed by atoms with Gasteiger partial charge in [-0.3, -0.25) is 4.79 Å². The minimum atomic E-state index is -0.699. The third-order valence-electron chi connectivity index (χ3n) is 9.79. The number of ketones is 1. The highest BCUT2D eigenvalue weighted by Crippen LogP contribution is 2.67. The van der Waals surface area contributed by atoms with Crippen molar-refractivity contribution in [3.8, 4) is 11.5 Å². The smallest absolute Gasteiger partial charge is 0.344 e. The molecule has 0 amide bonds. The van der Waals surface area contributed by atoms with Crippen molar-refractivity contribution in [2.75, 3.05) is 6.61 Å². The van der Waals surface area contributed by atoms with Gasteiger partial charge in [-0.2, -0.15) is 0 Å². The SMILES string of the molecule is C=C[C@]1(C)C[C@@H](OC(=O)COc2ccccc2O)[C@]2(C)C(C)CCC3(CCC(=O)C32)[C@@H](C)[C@@H]1O. The number of esters is 1. The Morgan fingerprint density at radius 1 is 1.24 bits per heavy atom. The fraction of sp³-hybridized carbons (Fsp3) is 0.643. The van der Waals surface area contributed by atoms with Crippen molar-refractivity contribution in [2.24, 2.45) is 34.0 Å². The lowest BCUT2D eigenvalue weighted by Gasteiger charge is -2.61. The number of aliphatic hydroxyl groups excluding tert-OH is 1. The van der Waals surface area contributed by atoms with Gasteiger partial charge in [0.05, 0.1) is 6.10 Å². The van der Waals surface area contributed by atoms with E-state index in [1.807, 2.05) is 6.92 Å². The van der Waals surface area contributed by atoms with Crippen LogP contribution >= 0.6 is 0 Å². The fourth-order valence-corrected chi connectivity index (χ4v) is 7.41. The number of rotatable bonds is 5. The number of hydrogen-bond donors (Lipinski definition) is 2. The third-order valence-corrected chi connectivity index (χ3v) is 9.79. The molecule has 3 aliphatic carbocycles. The average molecular weight is 471 g/mol. The van der Waals surface area contributed by atoms with E-state index in [1.165, 1.54) is 6.07 Å². The normalized spacial score (nSPS) is 41.7. The van der Waals surface area contributed by atoms with Gasteiger partial charge in [0.25, 0.3) is 0 Å². The van der Waals surface area contributed by atoms with Crippen LogP contribution in [0.5, 0.6) is 11.5 Å². The van der Waals surface area contributed by atoms with E-state index in [0.717, 1.165) is 19.3 Å². The lowest BCUT2D eigenvalue weighted by atomic mass is 9.44. The van der Waals surface area contributed by atoms with Crippen LogP contribution in [0.4, 0.5) is 0 Å². The maximum Gasteiger partial charge on any atom is 0.344 e. The Labute approximate surface area is 202 Å². The van der Waals surface area contributed by atoms with Crippen LogP contribution in [0.25, 0.3) is 0 Å². The van der Waals surface area contributed by atoms with Crippen molar-refractivity contribution in [1.82, 2.24) is 0 Å². The highest BCUT2D eigenvalue weighted by Gasteiger charge is 2.68. The minimum absolute atomic E-state index is 0.0493. The summed E-state index contributed by atoms with van der Waals surface area (Å²) in [7, 11) is 0. The van der Waals surface area contributed by atoms with Gasteiger partial charge in [0.1, 0.15) is 11.9 Å². The summed E-state index contributed by atoms with van der Waals surface area (Å²) in [6.07, 6.45) is 3.96. The van der Waals surface area contributed by atoms with Crippen LogP contribution in [0.2, 0.25) is 0 Å². The number of benzene rings is 1. The summed E-state index contributed by atoms with van der Waals surface area (Å²) in [6.45, 7) is 12.0. The maximum atomic E-state index is 13.4. The monoisotopic (exact) mass is 470 g/mol. The molecule has 3 saturated carbocycles. The Bertz CT molecular complexity index is 973. The molecule has 2 N–H and O–H groups in total. The number of phenolic OH excluding ortho intramolecular Hbond substituents is 1. The van der Waals surface area contributed by atoms with Crippen LogP contribution in [0.3, 0.4) is 0 Å². The van der Waals surface area contributed by atoms with Crippen LogP contribution in [-0.2, 0) is 14.3 Å². The Hall–Kier alpha value is -2.34. The fourth-order valence-electron chi connectivity index (χ4n) is 7.41. The predicted molar refractivity (Wildman–Crippen MR) is 128 cm³/mol. The summed E-state index contributed by atoms with van der Waals surface area (Å²) in [4.78, 5) is 26.4. The quantitative estimate of drug-likeness (QED) is 0.480. The summed E-state index contributed by atoms with van der Waals surface area (Å²) >= 11 is 0. The van der Waals surface area contributed by atoms with Crippen molar-refractivity contribution in [2.45, 2.75) is 72.0 Å². The molecule has 0 saturated heterocycles. The molecule has 3 fully saturated rings. The molecule has 0 aliphatic heterocycles. The van der Waals surface area contributed by atoms with Crippen LogP contribution in [0, 0.1) is 34.0 Å². The largest absolute Gasteiger partial charge is 0.504 e. The molecule has 2 bridgehead atoms. The summed E-state index contributed by atoms with van der Waals surface area (Å²) in [5, 5.41) is 21.5. The van der Waals surface area contributed by atoms with Gasteiger partial charge in [-0.1, -0.05) is 45.9 Å². The van der Waals surface area contributed by atoms with Gasteiger partial charge in [0.2, 0.25) is 0 Å². The first-order valence-electron chi connectivity index (χ1n) is 12.4. The van der Waals surface area contributed by atoms with Crippen molar-refractivity contribution < 1.29 is 29.3 Å². The van der Waals surface area contributed by atoms with Crippen LogP contribution < -0.4 is 4.74 Å². The highest BCUT2D eigenvalue weighted by atomic mass is 16.6. The maximum absolute atomic E-state index is 13.4. The van der Waals surface area contributed by atoms with Crippen molar-refractivity contribution in [1.29, 1.82) is 0 Å². The molecular weight excluding hydrogens is 432 g/mol. The van der Waals surface area contributed by atoms with E-state index in [4.69, 9.17) is 9.47 Å². The van der Waals surface area contributed by atoms with Gasteiger partial charge < -0.3 is 19.7 Å². The van der Waals surface area contributed by atoms with E-state index in [2.05, 4.69) is 27.4 Å². The van der Waals surface area contributed by atoms with Gasteiger partial charge in [-0.25, -0.2) is 4.79 Å². The number of aromatic hydroxyl groups is 1. The van der Waals surface area contributed by atoms with Crippen LogP contribution in [0.1, 0.15) is 59.8 Å². The molecule has 3 aliphatic rings. The van der Waals surface area contributed by atoms with E-state index < -0.39 is 29.0 Å². The molecule has 186 valence electrons. The minimum Gasteiger partial charge on any atom is -0.504 e. The van der Waals surface area contributed by atoms with Crippen molar-refractivity contribution >= 4 is 11.8 Å². The first-order valence-corrected chi connectivity index (χ1v) is 12.4. The molecule has 6 heteroatoms. The Balaban J connectivity index is 1.69. The van der Waals surface area contributed by atoms with Gasteiger partial charge in [0, 0.05) is 23.2 Å². The standard InChI is InChI=1S/C28H38O6/c1-6-26(4)15-22(34-23(31)16-33-21-10-8-7-9-19(21)29)27(5)17(2)11-13-28(18(3)25(26)32)14-12-20(30)24(27)28/h6-10,17-18,22,24-25,29,32H,1,11-16H2,2-5H3/t17?,18-,22+,24?,25-,26+,27-,28?/m0/s1. The van der Waals surface area contributed by atoms with Gasteiger partial charge in [-0.05, 0) is 55.1 Å². The molecule has 1 aromatic rings. The Morgan fingerprint density at radius 3 is 2.62 bits per heavy atom. The molecule has 0 aromatic heterocycles. The number of aliphatic hydroxyl groups is 1. The highest BCUT2D eigenvalue weighted by molar-refractivity contribution is 5.85. The van der Waals surface area contributed by atoms with E-state index in [9.17, 15) is 19.8 Å². The number of para-hydroxylation sites is 2.